The zero-order chi connectivity index (χ0) is 20.0. The van der Waals surface area contributed by atoms with Gasteiger partial charge in [-0.25, -0.2) is 4.79 Å². The van der Waals surface area contributed by atoms with Crippen molar-refractivity contribution in [1.29, 1.82) is 0 Å². The van der Waals surface area contributed by atoms with Gasteiger partial charge in [-0.15, -0.1) is 0 Å². The van der Waals surface area contributed by atoms with Gasteiger partial charge >= 0.3 is 11.9 Å². The van der Waals surface area contributed by atoms with Crippen molar-refractivity contribution in [2.75, 3.05) is 0 Å². The molecule has 0 aromatic heterocycles. The number of rotatable bonds is 8. The summed E-state index contributed by atoms with van der Waals surface area (Å²) in [6.07, 6.45) is -0.334. The van der Waals surface area contributed by atoms with Crippen molar-refractivity contribution in [3.05, 3.63) is 0 Å². The van der Waals surface area contributed by atoms with Crippen LogP contribution in [0.4, 0.5) is 0 Å². The Morgan fingerprint density at radius 3 is 2.08 bits per heavy atom. The van der Waals surface area contributed by atoms with Crippen LogP contribution in [0.2, 0.25) is 0 Å². The second-order valence-corrected chi connectivity index (χ2v) is 9.04. The quantitative estimate of drug-likeness (QED) is 0.535. The number of carboxylic acid groups (broad SMARTS) is 1. The second kappa shape index (κ2) is 9.19. The number of ether oxygens (including phenoxy) is 1. The number of hydrogen-bond acceptors (Lipinski definition) is 7. The molecule has 144 valence electrons. The lowest BCUT2D eigenvalue weighted by atomic mass is 10.0. The van der Waals surface area contributed by atoms with E-state index in [1.807, 2.05) is 0 Å². The lowest BCUT2D eigenvalue weighted by Crippen LogP contribution is -2.57. The molecule has 0 aliphatic heterocycles. The first-order chi connectivity index (χ1) is 11.2. The summed E-state index contributed by atoms with van der Waals surface area (Å²) in [7, 11) is 0. The van der Waals surface area contributed by atoms with Gasteiger partial charge in [0.1, 0.15) is 11.6 Å². The maximum atomic E-state index is 12.5. The van der Waals surface area contributed by atoms with E-state index in [1.54, 1.807) is 34.6 Å². The van der Waals surface area contributed by atoms with Crippen LogP contribution in [0.3, 0.4) is 0 Å². The number of thioether (sulfide) groups is 1. The highest BCUT2D eigenvalue weighted by molar-refractivity contribution is 8.14. The fourth-order valence-electron chi connectivity index (χ4n) is 1.97. The van der Waals surface area contributed by atoms with Gasteiger partial charge < -0.3 is 20.9 Å². The molecule has 8 nitrogen and oxygen atoms in total. The molecule has 25 heavy (non-hydrogen) atoms. The van der Waals surface area contributed by atoms with Gasteiger partial charge in [-0.1, -0.05) is 11.8 Å². The topological polar surface area (TPSA) is 136 Å². The third kappa shape index (κ3) is 9.45. The Labute approximate surface area is 152 Å². The molecular weight excluding hydrogens is 348 g/mol. The van der Waals surface area contributed by atoms with E-state index in [2.05, 4.69) is 5.32 Å². The highest BCUT2D eigenvalue weighted by Gasteiger charge is 2.41. The molecule has 1 amide bonds. The molecule has 0 radical (unpaired) electrons. The Bertz CT molecular complexity index is 527. The van der Waals surface area contributed by atoms with Crippen LogP contribution < -0.4 is 11.1 Å². The van der Waals surface area contributed by atoms with Crippen molar-refractivity contribution >= 4 is 34.7 Å². The first-order valence-corrected chi connectivity index (χ1v) is 8.67. The van der Waals surface area contributed by atoms with Gasteiger partial charge in [0.05, 0.1) is 6.04 Å². The lowest BCUT2D eigenvalue weighted by Gasteiger charge is -2.34. The highest BCUT2D eigenvalue weighted by Crippen LogP contribution is 2.30. The maximum absolute atomic E-state index is 12.5. The normalized spacial score (nSPS) is 14.4. The van der Waals surface area contributed by atoms with Gasteiger partial charge in [-0.3, -0.25) is 14.4 Å². The molecule has 0 fully saturated rings. The van der Waals surface area contributed by atoms with Crippen LogP contribution in [0.1, 0.15) is 54.4 Å². The average molecular weight is 376 g/mol. The number of esters is 1. The van der Waals surface area contributed by atoms with Gasteiger partial charge in [0.2, 0.25) is 5.91 Å². The molecule has 4 N–H and O–H groups in total. The minimum Gasteiger partial charge on any atom is -0.481 e. The van der Waals surface area contributed by atoms with Crippen LogP contribution in [-0.2, 0) is 23.9 Å². The Morgan fingerprint density at radius 2 is 1.68 bits per heavy atom. The average Bonchev–Trinajstić information content (AvgIpc) is 2.37. The Balaban J connectivity index is 5.31. The van der Waals surface area contributed by atoms with Crippen LogP contribution in [0.5, 0.6) is 0 Å². The van der Waals surface area contributed by atoms with Gasteiger partial charge in [-0.2, -0.15) is 0 Å². The standard InChI is InChI=1S/C16H28N2O6S/c1-9(19)25-16(5,6)12(14(23)24-15(2,3)4)18-13(22)10(17)7-8-11(20)21/h10,12H,7-8,17H2,1-6H3,(H,18,22)(H,20,21)/t10-,12+/m0/s1. The third-order valence-electron chi connectivity index (χ3n) is 3.04. The van der Waals surface area contributed by atoms with Crippen molar-refractivity contribution < 1.29 is 29.0 Å². The highest BCUT2D eigenvalue weighted by atomic mass is 32.2. The Morgan fingerprint density at radius 1 is 1.16 bits per heavy atom. The van der Waals surface area contributed by atoms with Crippen molar-refractivity contribution in [3.63, 3.8) is 0 Å². The fraction of sp³-hybridized carbons (Fsp3) is 0.750. The molecule has 0 aliphatic carbocycles. The van der Waals surface area contributed by atoms with Crippen molar-refractivity contribution in [2.24, 2.45) is 5.73 Å². The van der Waals surface area contributed by atoms with E-state index in [4.69, 9.17) is 15.6 Å². The van der Waals surface area contributed by atoms with Crippen LogP contribution >= 0.6 is 11.8 Å². The van der Waals surface area contributed by atoms with Gasteiger partial charge in [0, 0.05) is 18.1 Å². The minimum absolute atomic E-state index is 0.0670. The third-order valence-corrected chi connectivity index (χ3v) is 4.09. The predicted molar refractivity (Wildman–Crippen MR) is 95.0 cm³/mol. The first kappa shape index (κ1) is 23.4. The Kier molecular flexibility index (Phi) is 8.60. The SMILES string of the molecule is CC(=O)SC(C)(C)[C@H](NC(=O)[C@@H](N)CCC(=O)O)C(=O)OC(C)(C)C. The number of carboxylic acids is 1. The summed E-state index contributed by atoms with van der Waals surface area (Å²) in [6, 6.07) is -2.21. The van der Waals surface area contributed by atoms with Crippen molar-refractivity contribution in [1.82, 2.24) is 5.32 Å². The number of nitrogens with one attached hydrogen (secondary N) is 1. The summed E-state index contributed by atoms with van der Waals surface area (Å²) in [5.74, 6) is -2.43. The molecule has 0 spiro atoms. The molecule has 0 aliphatic rings. The molecular formula is C16H28N2O6S. The molecule has 0 heterocycles. The number of nitrogens with two attached hydrogens (primary N) is 1. The monoisotopic (exact) mass is 376 g/mol. The van der Waals surface area contributed by atoms with Gasteiger partial charge in [-0.05, 0) is 41.0 Å². The molecule has 0 rings (SSSR count). The molecule has 0 bridgehead atoms. The second-order valence-electron chi connectivity index (χ2n) is 7.21. The van der Waals surface area contributed by atoms with Gasteiger partial charge in [0.15, 0.2) is 5.12 Å². The van der Waals surface area contributed by atoms with E-state index in [1.165, 1.54) is 6.92 Å². The van der Waals surface area contributed by atoms with E-state index < -0.39 is 40.3 Å². The molecule has 0 aromatic carbocycles. The summed E-state index contributed by atoms with van der Waals surface area (Å²) < 4.78 is 4.36. The number of carbonyl (C=O) groups is 4. The Hall–Kier alpha value is -1.61. The molecule has 0 saturated carbocycles. The number of carbonyl (C=O) groups excluding carboxylic acids is 3. The van der Waals surface area contributed by atoms with E-state index >= 15 is 0 Å². The lowest BCUT2D eigenvalue weighted by molar-refractivity contribution is -0.159. The molecule has 2 atom stereocenters. The van der Waals surface area contributed by atoms with Crippen molar-refractivity contribution in [2.45, 2.75) is 76.8 Å². The number of hydrogen-bond donors (Lipinski definition) is 3. The zero-order valence-electron chi connectivity index (χ0n) is 15.5. The first-order valence-electron chi connectivity index (χ1n) is 7.86. The summed E-state index contributed by atoms with van der Waals surface area (Å²) in [5, 5.41) is 11.0. The molecule has 9 heteroatoms. The van der Waals surface area contributed by atoms with Crippen LogP contribution in [0, 0.1) is 0 Å². The molecule has 0 saturated heterocycles. The number of amides is 1. The van der Waals surface area contributed by atoms with Crippen LogP contribution in [-0.4, -0.2) is 50.5 Å². The summed E-state index contributed by atoms with van der Waals surface area (Å²) in [5.41, 5.74) is 4.91. The largest absolute Gasteiger partial charge is 0.481 e. The summed E-state index contributed by atoms with van der Waals surface area (Å²) in [6.45, 7) is 9.70. The van der Waals surface area contributed by atoms with Crippen molar-refractivity contribution in [3.8, 4) is 0 Å². The van der Waals surface area contributed by atoms with E-state index in [0.717, 1.165) is 11.8 Å². The zero-order valence-corrected chi connectivity index (χ0v) is 16.4. The predicted octanol–water partition coefficient (Wildman–Crippen LogP) is 1.06. The smallest absolute Gasteiger partial charge is 0.330 e. The summed E-state index contributed by atoms with van der Waals surface area (Å²) >= 11 is 0.902. The molecule has 0 unspecified atom stereocenters. The summed E-state index contributed by atoms with van der Waals surface area (Å²) in [4.78, 5) is 46.8. The molecule has 0 aromatic rings. The number of aliphatic carboxylic acids is 1. The minimum atomic E-state index is -1.12. The van der Waals surface area contributed by atoms with E-state index in [0.29, 0.717) is 0 Å². The maximum Gasteiger partial charge on any atom is 0.330 e. The van der Waals surface area contributed by atoms with Gasteiger partial charge in [0.25, 0.3) is 0 Å². The van der Waals surface area contributed by atoms with E-state index in [-0.39, 0.29) is 18.0 Å². The van der Waals surface area contributed by atoms with Crippen LogP contribution in [0.15, 0.2) is 0 Å². The van der Waals surface area contributed by atoms with Crippen LogP contribution in [0.25, 0.3) is 0 Å². The fourth-order valence-corrected chi connectivity index (χ4v) is 2.98. The van der Waals surface area contributed by atoms with E-state index in [9.17, 15) is 19.2 Å².